The van der Waals surface area contributed by atoms with Crippen LogP contribution in [0.2, 0.25) is 0 Å². The highest BCUT2D eigenvalue weighted by molar-refractivity contribution is 7.11. The average molecular weight is 286 g/mol. The summed E-state index contributed by atoms with van der Waals surface area (Å²) in [7, 11) is 0. The molecule has 2 aromatic rings. The van der Waals surface area contributed by atoms with Crippen LogP contribution in [0.15, 0.2) is 30.3 Å². The third kappa shape index (κ3) is 3.47. The topological polar surface area (TPSA) is 24.9 Å². The smallest absolute Gasteiger partial charge is 0.0935 e. The van der Waals surface area contributed by atoms with Crippen LogP contribution < -0.4 is 5.32 Å². The quantitative estimate of drug-likeness (QED) is 0.834. The van der Waals surface area contributed by atoms with E-state index in [0.717, 1.165) is 31.8 Å². The van der Waals surface area contributed by atoms with Gasteiger partial charge in [-0.3, -0.25) is 0 Å². The van der Waals surface area contributed by atoms with Crippen LogP contribution in [0.1, 0.15) is 46.8 Å². The van der Waals surface area contributed by atoms with E-state index in [0.29, 0.717) is 0 Å². The maximum atomic E-state index is 4.92. The van der Waals surface area contributed by atoms with Gasteiger partial charge >= 0.3 is 0 Å². The van der Waals surface area contributed by atoms with Gasteiger partial charge in [-0.25, -0.2) is 4.98 Å². The lowest BCUT2D eigenvalue weighted by molar-refractivity contribution is 0.726. The van der Waals surface area contributed by atoms with Crippen molar-refractivity contribution >= 4 is 11.3 Å². The zero-order valence-electron chi connectivity index (χ0n) is 12.1. The SMILES string of the molecule is CCNCc1sc(CCc2ccccc2)nc1C1CC1. The minimum atomic E-state index is 0.755. The Morgan fingerprint density at radius 3 is 2.70 bits per heavy atom. The summed E-state index contributed by atoms with van der Waals surface area (Å²) in [5, 5.41) is 4.75. The Morgan fingerprint density at radius 2 is 2.00 bits per heavy atom. The summed E-state index contributed by atoms with van der Waals surface area (Å²) in [6.07, 6.45) is 4.83. The molecule has 1 aromatic carbocycles. The van der Waals surface area contributed by atoms with Crippen molar-refractivity contribution in [2.24, 2.45) is 0 Å². The standard InChI is InChI=1S/C17H22N2S/c1-2-18-12-15-17(14-9-10-14)19-16(20-15)11-8-13-6-4-3-5-7-13/h3-7,14,18H,2,8-12H2,1H3. The average Bonchev–Trinajstić information content (AvgIpc) is 3.25. The summed E-state index contributed by atoms with van der Waals surface area (Å²) in [4.78, 5) is 6.39. The van der Waals surface area contributed by atoms with E-state index >= 15 is 0 Å². The highest BCUT2D eigenvalue weighted by atomic mass is 32.1. The van der Waals surface area contributed by atoms with Crippen LogP contribution >= 0.6 is 11.3 Å². The molecule has 3 rings (SSSR count). The molecule has 0 unspecified atom stereocenters. The lowest BCUT2D eigenvalue weighted by atomic mass is 10.1. The van der Waals surface area contributed by atoms with E-state index in [4.69, 9.17) is 4.98 Å². The third-order valence-corrected chi connectivity index (χ3v) is 4.87. The maximum absolute atomic E-state index is 4.92. The van der Waals surface area contributed by atoms with Gasteiger partial charge in [-0.1, -0.05) is 37.3 Å². The van der Waals surface area contributed by atoms with Gasteiger partial charge in [0, 0.05) is 23.8 Å². The highest BCUT2D eigenvalue weighted by Gasteiger charge is 2.29. The fraction of sp³-hybridized carbons (Fsp3) is 0.471. The molecule has 1 aliphatic rings. The van der Waals surface area contributed by atoms with Gasteiger partial charge in [-0.2, -0.15) is 0 Å². The van der Waals surface area contributed by atoms with Crippen molar-refractivity contribution in [3.63, 3.8) is 0 Å². The second-order valence-electron chi connectivity index (χ2n) is 5.46. The first-order valence-electron chi connectivity index (χ1n) is 7.60. The van der Waals surface area contributed by atoms with Crippen LogP contribution in [0, 0.1) is 0 Å². The fourth-order valence-electron chi connectivity index (χ4n) is 2.46. The van der Waals surface area contributed by atoms with Crippen molar-refractivity contribution in [1.29, 1.82) is 0 Å². The van der Waals surface area contributed by atoms with Crippen molar-refractivity contribution in [1.82, 2.24) is 10.3 Å². The van der Waals surface area contributed by atoms with Crippen molar-refractivity contribution in [2.45, 2.75) is 45.1 Å². The van der Waals surface area contributed by atoms with Crippen molar-refractivity contribution in [3.8, 4) is 0 Å². The molecule has 20 heavy (non-hydrogen) atoms. The molecule has 0 radical (unpaired) electrons. The molecule has 3 heteroatoms. The summed E-state index contributed by atoms with van der Waals surface area (Å²) in [5.74, 6) is 0.755. The number of nitrogens with zero attached hydrogens (tertiary/aromatic N) is 1. The van der Waals surface area contributed by atoms with Crippen LogP contribution in [0.5, 0.6) is 0 Å². The molecule has 106 valence electrons. The van der Waals surface area contributed by atoms with Gasteiger partial charge in [0.2, 0.25) is 0 Å². The second kappa shape index (κ2) is 6.51. The van der Waals surface area contributed by atoms with E-state index in [9.17, 15) is 0 Å². The molecule has 0 atom stereocenters. The van der Waals surface area contributed by atoms with Gasteiger partial charge in [0.05, 0.1) is 10.7 Å². The number of benzene rings is 1. The first-order valence-corrected chi connectivity index (χ1v) is 8.41. The summed E-state index contributed by atoms with van der Waals surface area (Å²) in [6.45, 7) is 4.18. The molecule has 0 bridgehead atoms. The van der Waals surface area contributed by atoms with Gasteiger partial charge in [0.1, 0.15) is 0 Å². The van der Waals surface area contributed by atoms with Crippen molar-refractivity contribution < 1.29 is 0 Å². The largest absolute Gasteiger partial charge is 0.312 e. The number of hydrogen-bond donors (Lipinski definition) is 1. The fourth-order valence-corrected chi connectivity index (χ4v) is 3.58. The number of nitrogens with one attached hydrogen (secondary N) is 1. The zero-order valence-corrected chi connectivity index (χ0v) is 12.9. The molecule has 0 aliphatic heterocycles. The summed E-state index contributed by atoms with van der Waals surface area (Å²) in [5.41, 5.74) is 2.79. The van der Waals surface area contributed by atoms with Crippen molar-refractivity contribution in [2.75, 3.05) is 6.54 Å². The van der Waals surface area contributed by atoms with Gasteiger partial charge in [-0.05, 0) is 31.4 Å². The van der Waals surface area contributed by atoms with E-state index < -0.39 is 0 Å². The molecule has 1 saturated carbocycles. The Morgan fingerprint density at radius 1 is 1.20 bits per heavy atom. The predicted octanol–water partition coefficient (Wildman–Crippen LogP) is 3.92. The molecular weight excluding hydrogens is 264 g/mol. The molecule has 1 aromatic heterocycles. The van der Waals surface area contributed by atoms with Crippen LogP contribution in [0.4, 0.5) is 0 Å². The van der Waals surface area contributed by atoms with Gasteiger partial charge < -0.3 is 5.32 Å². The number of rotatable bonds is 7. The first-order chi connectivity index (χ1) is 9.86. The lowest BCUT2D eigenvalue weighted by Crippen LogP contribution is -2.11. The molecule has 1 aliphatic carbocycles. The monoisotopic (exact) mass is 286 g/mol. The van der Waals surface area contributed by atoms with E-state index in [2.05, 4.69) is 42.6 Å². The predicted molar refractivity (Wildman–Crippen MR) is 85.3 cm³/mol. The second-order valence-corrected chi connectivity index (χ2v) is 6.62. The molecule has 0 saturated heterocycles. The Kier molecular flexibility index (Phi) is 4.48. The molecule has 0 amide bonds. The van der Waals surface area contributed by atoms with Gasteiger partial charge in [0.25, 0.3) is 0 Å². The zero-order chi connectivity index (χ0) is 13.8. The van der Waals surface area contributed by atoms with Crippen LogP contribution in [-0.4, -0.2) is 11.5 Å². The van der Waals surface area contributed by atoms with Crippen molar-refractivity contribution in [3.05, 3.63) is 51.5 Å². The lowest BCUT2D eigenvalue weighted by Gasteiger charge is -2.00. The van der Waals surface area contributed by atoms with Gasteiger partial charge in [0.15, 0.2) is 0 Å². The van der Waals surface area contributed by atoms with E-state index in [1.807, 2.05) is 11.3 Å². The minimum absolute atomic E-state index is 0.755. The summed E-state index contributed by atoms with van der Waals surface area (Å²) < 4.78 is 0. The summed E-state index contributed by atoms with van der Waals surface area (Å²) in [6, 6.07) is 10.7. The number of thiazole rings is 1. The molecule has 1 heterocycles. The van der Waals surface area contributed by atoms with E-state index in [1.165, 1.54) is 34.0 Å². The maximum Gasteiger partial charge on any atom is 0.0935 e. The van der Waals surface area contributed by atoms with Crippen LogP contribution in [0.3, 0.4) is 0 Å². The molecule has 1 fully saturated rings. The number of hydrogen-bond acceptors (Lipinski definition) is 3. The van der Waals surface area contributed by atoms with E-state index in [-0.39, 0.29) is 0 Å². The highest BCUT2D eigenvalue weighted by Crippen LogP contribution is 2.42. The number of aromatic nitrogens is 1. The Hall–Kier alpha value is -1.19. The molecular formula is C17H22N2S. The Balaban J connectivity index is 1.67. The first kappa shape index (κ1) is 13.8. The van der Waals surface area contributed by atoms with Crippen LogP contribution in [-0.2, 0) is 19.4 Å². The normalized spacial score (nSPS) is 14.7. The third-order valence-electron chi connectivity index (χ3n) is 3.74. The molecule has 1 N–H and O–H groups in total. The molecule has 0 spiro atoms. The van der Waals surface area contributed by atoms with Gasteiger partial charge in [-0.15, -0.1) is 11.3 Å². The minimum Gasteiger partial charge on any atom is -0.312 e. The van der Waals surface area contributed by atoms with Crippen LogP contribution in [0.25, 0.3) is 0 Å². The molecule has 2 nitrogen and oxygen atoms in total. The number of aryl methyl sites for hydroxylation is 2. The Bertz CT molecular complexity index is 543. The summed E-state index contributed by atoms with van der Waals surface area (Å²) >= 11 is 1.91. The Labute approximate surface area is 125 Å². The van der Waals surface area contributed by atoms with E-state index in [1.54, 1.807) is 0 Å².